The number of carboxylic acid groups (broad SMARTS) is 1. The van der Waals surface area contributed by atoms with Crippen LogP contribution in [0, 0.1) is 0 Å². The van der Waals surface area contributed by atoms with Crippen LogP contribution in [0.3, 0.4) is 0 Å². The first-order valence-corrected chi connectivity index (χ1v) is 5.97. The smallest absolute Gasteiger partial charge is 0.330 e. The Labute approximate surface area is 89.0 Å². The summed E-state index contributed by atoms with van der Waals surface area (Å²) >= 11 is 2.01. The maximum absolute atomic E-state index is 10.4. The fraction of sp³-hybridized carbons (Fsp3) is 0.700. The third-order valence-corrected chi connectivity index (χ3v) is 3.68. The highest BCUT2D eigenvalue weighted by molar-refractivity contribution is 8.00. The second kappa shape index (κ2) is 6.09. The molecule has 1 aliphatic heterocycles. The fourth-order valence-electron chi connectivity index (χ4n) is 1.36. The molecule has 1 atom stereocenters. The molecule has 14 heavy (non-hydrogen) atoms. The maximum atomic E-state index is 10.4. The van der Waals surface area contributed by atoms with Crippen molar-refractivity contribution in [3.8, 4) is 0 Å². The van der Waals surface area contributed by atoms with Crippen LogP contribution in [-0.2, 0) is 4.79 Å². The van der Waals surface area contributed by atoms with Gasteiger partial charge in [-0.2, -0.15) is 11.8 Å². The zero-order valence-electron chi connectivity index (χ0n) is 8.45. The lowest BCUT2D eigenvalue weighted by molar-refractivity contribution is -0.132. The molecule has 4 heteroatoms. The molecule has 0 aromatic heterocycles. The van der Waals surface area contributed by atoms with Crippen LogP contribution in [0.15, 0.2) is 11.6 Å². The molecule has 0 aromatic carbocycles. The van der Waals surface area contributed by atoms with Crippen molar-refractivity contribution in [1.29, 1.82) is 0 Å². The van der Waals surface area contributed by atoms with Crippen molar-refractivity contribution in [2.75, 3.05) is 18.8 Å². The van der Waals surface area contributed by atoms with E-state index in [1.54, 1.807) is 13.0 Å². The van der Waals surface area contributed by atoms with Gasteiger partial charge in [-0.05, 0) is 25.5 Å². The van der Waals surface area contributed by atoms with E-state index in [2.05, 4.69) is 5.32 Å². The third kappa shape index (κ3) is 4.15. The summed E-state index contributed by atoms with van der Waals surface area (Å²) in [5, 5.41) is 12.6. The quantitative estimate of drug-likeness (QED) is 0.539. The molecule has 0 bridgehead atoms. The molecule has 1 saturated heterocycles. The fourth-order valence-corrected chi connectivity index (χ4v) is 2.60. The van der Waals surface area contributed by atoms with Crippen molar-refractivity contribution < 1.29 is 9.90 Å². The van der Waals surface area contributed by atoms with E-state index in [1.165, 1.54) is 18.6 Å². The van der Waals surface area contributed by atoms with Crippen LogP contribution in [0.2, 0.25) is 0 Å². The second-order valence-electron chi connectivity index (χ2n) is 3.49. The molecule has 3 nitrogen and oxygen atoms in total. The Balaban J connectivity index is 2.09. The molecular weight excluding hydrogens is 198 g/mol. The van der Waals surface area contributed by atoms with Crippen LogP contribution < -0.4 is 5.32 Å². The third-order valence-electron chi connectivity index (χ3n) is 2.29. The predicted octanol–water partition coefficient (Wildman–Crippen LogP) is 1.50. The van der Waals surface area contributed by atoms with Crippen LogP contribution in [0.4, 0.5) is 0 Å². The average molecular weight is 215 g/mol. The van der Waals surface area contributed by atoms with Crippen LogP contribution in [0.25, 0.3) is 0 Å². The second-order valence-corrected chi connectivity index (χ2v) is 4.89. The first-order valence-electron chi connectivity index (χ1n) is 4.92. The Kier molecular flexibility index (Phi) is 5.04. The van der Waals surface area contributed by atoms with Gasteiger partial charge in [0.05, 0.1) is 0 Å². The molecule has 80 valence electrons. The summed E-state index contributed by atoms with van der Waals surface area (Å²) in [6.07, 6.45) is 4.34. The molecule has 1 aliphatic rings. The van der Waals surface area contributed by atoms with Gasteiger partial charge in [-0.3, -0.25) is 0 Å². The number of rotatable bonds is 5. The van der Waals surface area contributed by atoms with Gasteiger partial charge in [-0.1, -0.05) is 6.08 Å². The minimum absolute atomic E-state index is 0.413. The molecule has 2 N–H and O–H groups in total. The lowest BCUT2D eigenvalue weighted by atomic mass is 10.2. The molecule has 1 fully saturated rings. The molecule has 0 aliphatic carbocycles. The van der Waals surface area contributed by atoms with Gasteiger partial charge in [0.1, 0.15) is 0 Å². The Morgan fingerprint density at radius 2 is 2.50 bits per heavy atom. The zero-order valence-corrected chi connectivity index (χ0v) is 9.27. The largest absolute Gasteiger partial charge is 0.478 e. The van der Waals surface area contributed by atoms with E-state index >= 15 is 0 Å². The topological polar surface area (TPSA) is 49.3 Å². The van der Waals surface area contributed by atoms with E-state index in [0.29, 0.717) is 12.1 Å². The molecule has 0 spiro atoms. The summed E-state index contributed by atoms with van der Waals surface area (Å²) in [5.74, 6) is 0.443. The van der Waals surface area contributed by atoms with Gasteiger partial charge < -0.3 is 10.4 Å². The first-order chi connectivity index (χ1) is 6.70. The van der Waals surface area contributed by atoms with Crippen LogP contribution in [0.1, 0.15) is 19.8 Å². The molecule has 1 rings (SSSR count). The molecule has 0 amide bonds. The summed E-state index contributed by atoms with van der Waals surface area (Å²) in [7, 11) is 0. The van der Waals surface area contributed by atoms with Crippen molar-refractivity contribution in [3.63, 3.8) is 0 Å². The summed E-state index contributed by atoms with van der Waals surface area (Å²) in [4.78, 5) is 10.4. The molecule has 1 heterocycles. The standard InChI is InChI=1S/C10H17NO2S/c1-8(10(12)13)4-5-11-7-9-3-2-6-14-9/h4,9,11H,2-3,5-7H2,1H3,(H,12,13). The van der Waals surface area contributed by atoms with Gasteiger partial charge in [0, 0.05) is 23.9 Å². The number of carbonyl (C=O) groups is 1. The highest BCUT2D eigenvalue weighted by Gasteiger charge is 2.14. The van der Waals surface area contributed by atoms with Gasteiger partial charge in [0.25, 0.3) is 0 Å². The van der Waals surface area contributed by atoms with Crippen molar-refractivity contribution in [2.24, 2.45) is 0 Å². The Hall–Kier alpha value is -0.480. The highest BCUT2D eigenvalue weighted by Crippen LogP contribution is 2.25. The molecule has 0 aromatic rings. The van der Waals surface area contributed by atoms with Crippen LogP contribution >= 0.6 is 11.8 Å². The van der Waals surface area contributed by atoms with Gasteiger partial charge in [0.15, 0.2) is 0 Å². The summed E-state index contributed by atoms with van der Waals surface area (Å²) in [6, 6.07) is 0. The average Bonchev–Trinajstić information content (AvgIpc) is 2.64. The molecule has 0 saturated carbocycles. The molecular formula is C10H17NO2S. The van der Waals surface area contributed by atoms with E-state index < -0.39 is 5.97 Å². The maximum Gasteiger partial charge on any atom is 0.330 e. The van der Waals surface area contributed by atoms with Crippen molar-refractivity contribution >= 4 is 17.7 Å². The van der Waals surface area contributed by atoms with E-state index in [-0.39, 0.29) is 0 Å². The van der Waals surface area contributed by atoms with Gasteiger partial charge >= 0.3 is 5.97 Å². The van der Waals surface area contributed by atoms with E-state index in [4.69, 9.17) is 5.11 Å². The van der Waals surface area contributed by atoms with Gasteiger partial charge in [0.2, 0.25) is 0 Å². The Bertz CT molecular complexity index is 222. The van der Waals surface area contributed by atoms with Crippen molar-refractivity contribution in [1.82, 2.24) is 5.32 Å². The summed E-state index contributed by atoms with van der Waals surface area (Å²) in [6.45, 7) is 3.28. The Morgan fingerprint density at radius 3 is 3.07 bits per heavy atom. The predicted molar refractivity (Wildman–Crippen MR) is 59.7 cm³/mol. The highest BCUT2D eigenvalue weighted by atomic mass is 32.2. The van der Waals surface area contributed by atoms with Crippen LogP contribution in [-0.4, -0.2) is 35.2 Å². The summed E-state index contributed by atoms with van der Waals surface area (Å²) in [5.41, 5.74) is 0.413. The molecule has 0 radical (unpaired) electrons. The number of aliphatic carboxylic acids is 1. The Morgan fingerprint density at radius 1 is 1.71 bits per heavy atom. The number of hydrogen-bond donors (Lipinski definition) is 2. The van der Waals surface area contributed by atoms with Crippen molar-refractivity contribution in [3.05, 3.63) is 11.6 Å². The first kappa shape index (κ1) is 11.6. The van der Waals surface area contributed by atoms with Gasteiger partial charge in [-0.25, -0.2) is 4.79 Å². The normalized spacial score (nSPS) is 22.6. The van der Waals surface area contributed by atoms with Crippen LogP contribution in [0.5, 0.6) is 0 Å². The SMILES string of the molecule is CC(=CCNCC1CCCS1)C(=O)O. The minimum atomic E-state index is -0.831. The number of thioether (sulfide) groups is 1. The number of nitrogens with one attached hydrogen (secondary N) is 1. The van der Waals surface area contributed by atoms with E-state index in [9.17, 15) is 4.79 Å². The zero-order chi connectivity index (χ0) is 10.4. The number of carboxylic acids is 1. The van der Waals surface area contributed by atoms with Crippen molar-refractivity contribution in [2.45, 2.75) is 25.0 Å². The number of hydrogen-bond acceptors (Lipinski definition) is 3. The van der Waals surface area contributed by atoms with E-state index in [1.807, 2.05) is 11.8 Å². The lowest BCUT2D eigenvalue weighted by Gasteiger charge is -2.07. The van der Waals surface area contributed by atoms with Gasteiger partial charge in [-0.15, -0.1) is 0 Å². The summed E-state index contributed by atoms with van der Waals surface area (Å²) < 4.78 is 0. The monoisotopic (exact) mass is 215 g/mol. The molecule has 1 unspecified atom stereocenters. The minimum Gasteiger partial charge on any atom is -0.478 e. The van der Waals surface area contributed by atoms with E-state index in [0.717, 1.165) is 11.8 Å². The lowest BCUT2D eigenvalue weighted by Crippen LogP contribution is -2.23.